The van der Waals surface area contributed by atoms with E-state index in [1.54, 1.807) is 50.2 Å². The van der Waals surface area contributed by atoms with E-state index in [0.717, 1.165) is 17.0 Å². The number of hydrogen-bond acceptors (Lipinski definition) is 6. The molecule has 1 aliphatic heterocycles. The van der Waals surface area contributed by atoms with Crippen molar-refractivity contribution in [3.63, 3.8) is 0 Å². The lowest BCUT2D eigenvalue weighted by Crippen LogP contribution is -2.43. The predicted molar refractivity (Wildman–Crippen MR) is 121 cm³/mol. The van der Waals surface area contributed by atoms with Gasteiger partial charge in [0.05, 0.1) is 24.0 Å². The van der Waals surface area contributed by atoms with Crippen LogP contribution >= 0.6 is 0 Å². The third-order valence-corrected chi connectivity index (χ3v) is 5.56. The summed E-state index contributed by atoms with van der Waals surface area (Å²) in [5.74, 6) is -1.55. The molecule has 0 saturated carbocycles. The zero-order chi connectivity index (χ0) is 26.1. The number of halogens is 3. The topological polar surface area (TPSA) is 89.0 Å². The van der Waals surface area contributed by atoms with Crippen LogP contribution in [0, 0.1) is 0 Å². The van der Waals surface area contributed by atoms with Gasteiger partial charge in [0.2, 0.25) is 0 Å². The predicted octanol–water partition coefficient (Wildman–Crippen LogP) is 4.95. The third kappa shape index (κ3) is 4.99. The Balaban J connectivity index is 1.57. The quantitative estimate of drug-likeness (QED) is 0.352. The highest BCUT2D eigenvalue weighted by Gasteiger charge is 2.52. The molecule has 0 spiro atoms. The van der Waals surface area contributed by atoms with Gasteiger partial charge in [-0.15, -0.1) is 13.2 Å². The Labute approximate surface area is 203 Å². The highest BCUT2D eigenvalue weighted by atomic mass is 19.4. The fourth-order valence-electron chi connectivity index (χ4n) is 3.66. The number of benzene rings is 2. The van der Waals surface area contributed by atoms with Gasteiger partial charge in [0, 0.05) is 11.8 Å². The number of rotatable bonds is 6. The number of anilines is 1. The Kier molecular flexibility index (Phi) is 6.40. The van der Waals surface area contributed by atoms with E-state index in [1.807, 2.05) is 0 Å². The van der Waals surface area contributed by atoms with Crippen molar-refractivity contribution in [2.45, 2.75) is 32.3 Å². The normalized spacial score (nSPS) is 15.2. The summed E-state index contributed by atoms with van der Waals surface area (Å²) >= 11 is 0. The van der Waals surface area contributed by atoms with Crippen LogP contribution in [-0.4, -0.2) is 39.7 Å². The molecule has 3 aromatic rings. The molecule has 3 amide bonds. The maximum Gasteiger partial charge on any atom is 0.573 e. The number of carbonyl (C=O) groups is 3. The lowest BCUT2D eigenvalue weighted by Gasteiger charge is -2.28. The zero-order valence-electron chi connectivity index (χ0n) is 19.2. The molecule has 0 radical (unpaired) electrons. The van der Waals surface area contributed by atoms with Crippen LogP contribution in [0.15, 0.2) is 73.1 Å². The van der Waals surface area contributed by atoms with Crippen molar-refractivity contribution < 1.29 is 37.0 Å². The van der Waals surface area contributed by atoms with Crippen LogP contribution < -0.4 is 14.4 Å². The Morgan fingerprint density at radius 2 is 1.67 bits per heavy atom. The molecule has 1 fully saturated rings. The largest absolute Gasteiger partial charge is 0.573 e. The first-order chi connectivity index (χ1) is 17.0. The van der Waals surface area contributed by atoms with Crippen molar-refractivity contribution in [3.8, 4) is 11.5 Å². The lowest BCUT2D eigenvalue weighted by molar-refractivity contribution is -0.274. The summed E-state index contributed by atoms with van der Waals surface area (Å²) in [6, 6.07) is 13.6. The molecule has 2 aromatic carbocycles. The number of aromatic nitrogens is 1. The van der Waals surface area contributed by atoms with Crippen LogP contribution in [0.25, 0.3) is 0 Å². The molecule has 36 heavy (non-hydrogen) atoms. The lowest BCUT2D eigenvalue weighted by atomic mass is 10.0. The minimum atomic E-state index is -4.87. The fourth-order valence-corrected chi connectivity index (χ4v) is 3.66. The van der Waals surface area contributed by atoms with E-state index < -0.39 is 35.6 Å². The summed E-state index contributed by atoms with van der Waals surface area (Å²) in [5.41, 5.74) is -0.466. The van der Waals surface area contributed by atoms with Gasteiger partial charge in [0.15, 0.2) is 5.75 Å². The average Bonchev–Trinajstić information content (AvgIpc) is 2.99. The van der Waals surface area contributed by atoms with Crippen LogP contribution in [0.1, 0.15) is 29.8 Å². The molecule has 11 heteroatoms. The number of ether oxygens (including phenoxy) is 2. The minimum absolute atomic E-state index is 0.0838. The minimum Gasteiger partial charge on any atom is -0.421 e. The first kappa shape index (κ1) is 24.7. The van der Waals surface area contributed by atoms with Crippen molar-refractivity contribution in [1.29, 1.82) is 0 Å². The average molecular weight is 499 g/mol. The summed E-state index contributed by atoms with van der Waals surface area (Å²) in [6.07, 6.45) is -2.07. The standard InChI is InChI=1S/C25H20F3N3O5/c1-24(2)22(33)31(18-8-10-19(11-9-18)36-25(26,27)28)23(34)30(24)15-17-12-13-29-14-20(17)35-21(32)16-6-4-3-5-7-16/h3-14H,15H2,1-2H3. The van der Waals surface area contributed by atoms with Crippen molar-refractivity contribution in [2.75, 3.05) is 4.90 Å². The van der Waals surface area contributed by atoms with E-state index in [0.29, 0.717) is 11.1 Å². The molecular formula is C25H20F3N3O5. The van der Waals surface area contributed by atoms with Crippen LogP contribution in [0.5, 0.6) is 11.5 Å². The van der Waals surface area contributed by atoms with Gasteiger partial charge in [0.1, 0.15) is 11.3 Å². The number of urea groups is 1. The molecule has 0 bridgehead atoms. The summed E-state index contributed by atoms with van der Waals surface area (Å²) in [6.45, 7) is 3.00. The highest BCUT2D eigenvalue weighted by molar-refractivity contribution is 6.22. The molecule has 4 rings (SSSR count). The van der Waals surface area contributed by atoms with E-state index in [-0.39, 0.29) is 18.0 Å². The Hall–Kier alpha value is -4.41. The first-order valence-corrected chi connectivity index (χ1v) is 10.7. The van der Waals surface area contributed by atoms with Gasteiger partial charge < -0.3 is 14.4 Å². The molecule has 1 saturated heterocycles. The van der Waals surface area contributed by atoms with E-state index in [1.165, 1.54) is 29.4 Å². The number of amides is 3. The second kappa shape index (κ2) is 9.33. The van der Waals surface area contributed by atoms with Crippen molar-refractivity contribution in [1.82, 2.24) is 9.88 Å². The monoisotopic (exact) mass is 499 g/mol. The number of alkyl halides is 3. The Morgan fingerprint density at radius 1 is 1.00 bits per heavy atom. The van der Waals surface area contributed by atoms with Crippen LogP contribution in [-0.2, 0) is 11.3 Å². The van der Waals surface area contributed by atoms with Crippen LogP contribution in [0.3, 0.4) is 0 Å². The van der Waals surface area contributed by atoms with E-state index in [2.05, 4.69) is 9.72 Å². The van der Waals surface area contributed by atoms with Crippen molar-refractivity contribution in [2.24, 2.45) is 0 Å². The van der Waals surface area contributed by atoms with Gasteiger partial charge in [-0.3, -0.25) is 9.78 Å². The van der Waals surface area contributed by atoms with Gasteiger partial charge in [-0.1, -0.05) is 18.2 Å². The molecule has 2 heterocycles. The molecule has 0 aliphatic carbocycles. The fraction of sp³-hybridized carbons (Fsp3) is 0.200. The number of imide groups is 1. The van der Waals surface area contributed by atoms with Gasteiger partial charge in [-0.05, 0) is 56.3 Å². The van der Waals surface area contributed by atoms with E-state index in [9.17, 15) is 27.6 Å². The van der Waals surface area contributed by atoms with E-state index >= 15 is 0 Å². The zero-order valence-corrected chi connectivity index (χ0v) is 19.2. The number of pyridine rings is 1. The Bertz CT molecular complexity index is 1290. The molecule has 0 N–H and O–H groups in total. The SMILES string of the molecule is CC1(C)C(=O)N(c2ccc(OC(F)(F)F)cc2)C(=O)N1Cc1ccncc1OC(=O)c1ccccc1. The maximum atomic E-state index is 13.3. The third-order valence-electron chi connectivity index (χ3n) is 5.56. The number of carbonyl (C=O) groups excluding carboxylic acids is 3. The van der Waals surface area contributed by atoms with Crippen molar-refractivity contribution >= 4 is 23.6 Å². The summed E-state index contributed by atoms with van der Waals surface area (Å²) in [5, 5.41) is 0. The summed E-state index contributed by atoms with van der Waals surface area (Å²) < 4.78 is 46.7. The highest BCUT2D eigenvalue weighted by Crippen LogP contribution is 2.35. The number of nitrogens with zero attached hydrogens (tertiary/aromatic N) is 3. The number of hydrogen-bond donors (Lipinski definition) is 0. The van der Waals surface area contributed by atoms with Gasteiger partial charge in [-0.2, -0.15) is 0 Å². The summed E-state index contributed by atoms with van der Waals surface area (Å²) in [7, 11) is 0. The van der Waals surface area contributed by atoms with Gasteiger partial charge >= 0.3 is 18.4 Å². The number of esters is 1. The first-order valence-electron chi connectivity index (χ1n) is 10.7. The molecule has 0 atom stereocenters. The van der Waals surface area contributed by atoms with Crippen molar-refractivity contribution in [3.05, 3.63) is 84.2 Å². The van der Waals surface area contributed by atoms with Gasteiger partial charge in [0.25, 0.3) is 5.91 Å². The molecule has 186 valence electrons. The molecular weight excluding hydrogens is 479 g/mol. The summed E-state index contributed by atoms with van der Waals surface area (Å²) in [4.78, 5) is 45.1. The maximum absolute atomic E-state index is 13.3. The molecule has 0 unspecified atom stereocenters. The Morgan fingerprint density at radius 3 is 2.31 bits per heavy atom. The van der Waals surface area contributed by atoms with E-state index in [4.69, 9.17) is 4.74 Å². The molecule has 1 aromatic heterocycles. The second-order valence-electron chi connectivity index (χ2n) is 8.35. The second-order valence-corrected chi connectivity index (χ2v) is 8.35. The smallest absolute Gasteiger partial charge is 0.421 e. The molecule has 8 nitrogen and oxygen atoms in total. The van der Waals surface area contributed by atoms with Crippen LogP contribution in [0.2, 0.25) is 0 Å². The van der Waals surface area contributed by atoms with Crippen LogP contribution in [0.4, 0.5) is 23.7 Å². The molecule has 1 aliphatic rings. The van der Waals surface area contributed by atoms with Gasteiger partial charge in [-0.25, -0.2) is 14.5 Å².